The van der Waals surface area contributed by atoms with Crippen LogP contribution >= 0.6 is 0 Å². The molecule has 1 heterocycles. The number of nitrogens with one attached hydrogen (secondary N) is 1. The molecule has 5 nitrogen and oxygen atoms in total. The van der Waals surface area contributed by atoms with E-state index < -0.39 is 6.10 Å². The molecule has 1 aromatic rings. The summed E-state index contributed by atoms with van der Waals surface area (Å²) in [5.41, 5.74) is 1.10. The summed E-state index contributed by atoms with van der Waals surface area (Å²) in [5, 5.41) is 13.0. The molecule has 0 bridgehead atoms. The Kier molecular flexibility index (Phi) is 8.33. The third-order valence-electron chi connectivity index (χ3n) is 2.73. The Balaban J connectivity index is 2.11. The summed E-state index contributed by atoms with van der Waals surface area (Å²) in [7, 11) is 0. The van der Waals surface area contributed by atoms with Gasteiger partial charge in [-0.1, -0.05) is 6.07 Å². The van der Waals surface area contributed by atoms with E-state index in [0.29, 0.717) is 33.0 Å². The van der Waals surface area contributed by atoms with Gasteiger partial charge in [0.2, 0.25) is 0 Å². The van der Waals surface area contributed by atoms with Crippen molar-refractivity contribution in [3.63, 3.8) is 0 Å². The Morgan fingerprint density at radius 2 is 2.16 bits per heavy atom. The third-order valence-corrected chi connectivity index (χ3v) is 2.73. The van der Waals surface area contributed by atoms with Crippen LogP contribution in [0.2, 0.25) is 0 Å². The molecule has 2 atom stereocenters. The second-order valence-corrected chi connectivity index (χ2v) is 4.34. The van der Waals surface area contributed by atoms with Crippen LogP contribution in [-0.2, 0) is 9.47 Å². The lowest BCUT2D eigenvalue weighted by molar-refractivity contribution is 0.00585. The van der Waals surface area contributed by atoms with E-state index in [2.05, 4.69) is 10.3 Å². The quantitative estimate of drug-likeness (QED) is 0.623. The smallest absolute Gasteiger partial charge is 0.0897 e. The highest BCUT2D eigenvalue weighted by atomic mass is 16.5. The van der Waals surface area contributed by atoms with Crippen molar-refractivity contribution < 1.29 is 14.6 Å². The van der Waals surface area contributed by atoms with Crippen LogP contribution < -0.4 is 5.32 Å². The van der Waals surface area contributed by atoms with Crippen molar-refractivity contribution in [2.24, 2.45) is 0 Å². The first-order valence-electron chi connectivity index (χ1n) is 6.71. The standard InChI is InChI=1S/C14H24N2O3/c1-3-18-7-8-19-11-14(17)10-16-12(2)13-5-4-6-15-9-13/h4-6,9,12,14,16-17H,3,7-8,10-11H2,1-2H3. The maximum atomic E-state index is 9.76. The van der Waals surface area contributed by atoms with Crippen molar-refractivity contribution in [1.82, 2.24) is 10.3 Å². The second-order valence-electron chi connectivity index (χ2n) is 4.34. The molecule has 0 aliphatic rings. The normalized spacial score (nSPS) is 14.3. The number of pyridine rings is 1. The first-order chi connectivity index (χ1) is 9.24. The molecule has 108 valence electrons. The molecule has 0 aliphatic heterocycles. The number of rotatable bonds is 10. The molecule has 0 fully saturated rings. The second kappa shape index (κ2) is 9.86. The predicted molar refractivity (Wildman–Crippen MR) is 74.0 cm³/mol. The van der Waals surface area contributed by atoms with Gasteiger partial charge in [-0.3, -0.25) is 4.98 Å². The summed E-state index contributed by atoms with van der Waals surface area (Å²) in [6, 6.07) is 4.07. The fraction of sp³-hybridized carbons (Fsp3) is 0.643. The van der Waals surface area contributed by atoms with E-state index in [9.17, 15) is 5.11 Å². The van der Waals surface area contributed by atoms with E-state index in [1.807, 2.05) is 32.2 Å². The first kappa shape index (κ1) is 16.0. The summed E-state index contributed by atoms with van der Waals surface area (Å²) < 4.78 is 10.5. The highest BCUT2D eigenvalue weighted by molar-refractivity contribution is 5.12. The fourth-order valence-electron chi connectivity index (χ4n) is 1.60. The Labute approximate surface area is 115 Å². The Morgan fingerprint density at radius 3 is 2.84 bits per heavy atom. The molecule has 19 heavy (non-hydrogen) atoms. The lowest BCUT2D eigenvalue weighted by Crippen LogP contribution is -2.32. The lowest BCUT2D eigenvalue weighted by Gasteiger charge is -2.17. The summed E-state index contributed by atoms with van der Waals surface area (Å²) >= 11 is 0. The third kappa shape index (κ3) is 7.22. The van der Waals surface area contributed by atoms with Crippen LogP contribution in [0.25, 0.3) is 0 Å². The molecule has 0 radical (unpaired) electrons. The average molecular weight is 268 g/mol. The summed E-state index contributed by atoms with van der Waals surface area (Å²) in [6.45, 7) is 6.57. The van der Waals surface area contributed by atoms with Gasteiger partial charge in [-0.25, -0.2) is 0 Å². The van der Waals surface area contributed by atoms with Crippen molar-refractivity contribution in [3.8, 4) is 0 Å². The number of nitrogens with zero attached hydrogens (tertiary/aromatic N) is 1. The SMILES string of the molecule is CCOCCOCC(O)CNC(C)c1cccnc1. The average Bonchev–Trinajstić information content (AvgIpc) is 2.45. The molecule has 5 heteroatoms. The van der Waals surface area contributed by atoms with Crippen molar-refractivity contribution >= 4 is 0 Å². The number of hydrogen-bond donors (Lipinski definition) is 2. The molecule has 0 aromatic carbocycles. The summed E-state index contributed by atoms with van der Waals surface area (Å²) in [6.07, 6.45) is 3.06. The zero-order chi connectivity index (χ0) is 13.9. The van der Waals surface area contributed by atoms with Crippen LogP contribution in [0.5, 0.6) is 0 Å². The van der Waals surface area contributed by atoms with Crippen molar-refractivity contribution in [1.29, 1.82) is 0 Å². The lowest BCUT2D eigenvalue weighted by atomic mass is 10.1. The molecule has 0 amide bonds. The fourth-order valence-corrected chi connectivity index (χ4v) is 1.60. The minimum absolute atomic E-state index is 0.159. The largest absolute Gasteiger partial charge is 0.389 e. The molecular weight excluding hydrogens is 244 g/mol. The van der Waals surface area contributed by atoms with E-state index in [1.165, 1.54) is 0 Å². The van der Waals surface area contributed by atoms with E-state index in [1.54, 1.807) is 6.20 Å². The maximum absolute atomic E-state index is 9.76. The number of aromatic nitrogens is 1. The van der Waals surface area contributed by atoms with Gasteiger partial charge in [0.05, 0.1) is 25.9 Å². The molecule has 0 spiro atoms. The molecule has 1 aromatic heterocycles. The number of aliphatic hydroxyl groups is 1. The van der Waals surface area contributed by atoms with Gasteiger partial charge in [-0.2, -0.15) is 0 Å². The molecule has 1 rings (SSSR count). The van der Waals surface area contributed by atoms with Crippen molar-refractivity contribution in [2.45, 2.75) is 26.0 Å². The molecular formula is C14H24N2O3. The Hall–Kier alpha value is -1.01. The molecule has 2 unspecified atom stereocenters. The van der Waals surface area contributed by atoms with Gasteiger partial charge in [0, 0.05) is 31.6 Å². The topological polar surface area (TPSA) is 63.6 Å². The predicted octanol–water partition coefficient (Wildman–Crippen LogP) is 1.15. The number of hydrogen-bond acceptors (Lipinski definition) is 5. The van der Waals surface area contributed by atoms with Gasteiger partial charge < -0.3 is 19.9 Å². The van der Waals surface area contributed by atoms with Gasteiger partial charge >= 0.3 is 0 Å². The van der Waals surface area contributed by atoms with Crippen LogP contribution in [-0.4, -0.2) is 49.2 Å². The van der Waals surface area contributed by atoms with Crippen molar-refractivity contribution in [2.75, 3.05) is 33.0 Å². The molecule has 2 N–H and O–H groups in total. The van der Waals surface area contributed by atoms with Gasteiger partial charge in [0.1, 0.15) is 0 Å². The van der Waals surface area contributed by atoms with Crippen LogP contribution in [0.1, 0.15) is 25.5 Å². The molecule has 0 saturated carbocycles. The molecule has 0 aliphatic carbocycles. The van der Waals surface area contributed by atoms with Crippen LogP contribution in [0.15, 0.2) is 24.5 Å². The highest BCUT2D eigenvalue weighted by Gasteiger charge is 2.08. The van der Waals surface area contributed by atoms with Crippen LogP contribution in [0.4, 0.5) is 0 Å². The first-order valence-corrected chi connectivity index (χ1v) is 6.71. The highest BCUT2D eigenvalue weighted by Crippen LogP contribution is 2.09. The van der Waals surface area contributed by atoms with Gasteiger partial charge in [-0.05, 0) is 25.5 Å². The van der Waals surface area contributed by atoms with Gasteiger partial charge in [-0.15, -0.1) is 0 Å². The zero-order valence-corrected chi connectivity index (χ0v) is 11.7. The summed E-state index contributed by atoms with van der Waals surface area (Å²) in [5.74, 6) is 0. The van der Waals surface area contributed by atoms with E-state index >= 15 is 0 Å². The van der Waals surface area contributed by atoms with Crippen LogP contribution in [0, 0.1) is 0 Å². The Bertz CT molecular complexity index is 322. The monoisotopic (exact) mass is 268 g/mol. The molecule has 0 saturated heterocycles. The van der Waals surface area contributed by atoms with Crippen molar-refractivity contribution in [3.05, 3.63) is 30.1 Å². The number of ether oxygens (including phenoxy) is 2. The minimum Gasteiger partial charge on any atom is -0.389 e. The minimum atomic E-state index is -0.513. The van der Waals surface area contributed by atoms with E-state index in [-0.39, 0.29) is 6.04 Å². The van der Waals surface area contributed by atoms with Gasteiger partial charge in [0.25, 0.3) is 0 Å². The van der Waals surface area contributed by atoms with E-state index in [0.717, 1.165) is 5.56 Å². The van der Waals surface area contributed by atoms with Gasteiger partial charge in [0.15, 0.2) is 0 Å². The van der Waals surface area contributed by atoms with Crippen LogP contribution in [0.3, 0.4) is 0 Å². The maximum Gasteiger partial charge on any atom is 0.0897 e. The Morgan fingerprint density at radius 1 is 1.37 bits per heavy atom. The van der Waals surface area contributed by atoms with E-state index in [4.69, 9.17) is 9.47 Å². The number of aliphatic hydroxyl groups excluding tert-OH is 1. The zero-order valence-electron chi connectivity index (χ0n) is 11.7. The summed E-state index contributed by atoms with van der Waals surface area (Å²) in [4.78, 5) is 4.07.